The highest BCUT2D eigenvalue weighted by molar-refractivity contribution is 6.20. The first-order valence-corrected chi connectivity index (χ1v) is 9.73. The number of benzene rings is 1. The number of nitrogens with two attached hydrogens (primary N) is 1. The summed E-state index contributed by atoms with van der Waals surface area (Å²) < 4.78 is 44.4. The topological polar surface area (TPSA) is 105 Å². The summed E-state index contributed by atoms with van der Waals surface area (Å²) in [5.74, 6) is -1.21. The maximum Gasteiger partial charge on any atom is 0.433 e. The van der Waals surface area contributed by atoms with Crippen molar-refractivity contribution in [2.75, 3.05) is 43.5 Å². The number of primary amides is 1. The number of anilines is 2. The smallest absolute Gasteiger partial charge is 0.379 e. The molecule has 1 amide bonds. The summed E-state index contributed by atoms with van der Waals surface area (Å²) in [5.41, 5.74) is 6.49. The Labute approximate surface area is 176 Å². The van der Waals surface area contributed by atoms with Crippen LogP contribution < -0.4 is 16.4 Å². The Hall–Kier alpha value is -3.18. The predicted molar refractivity (Wildman–Crippen MR) is 108 cm³/mol. The van der Waals surface area contributed by atoms with Crippen LogP contribution in [0.4, 0.5) is 24.5 Å². The Morgan fingerprint density at radius 1 is 1.16 bits per heavy atom. The van der Waals surface area contributed by atoms with Gasteiger partial charge in [0.05, 0.1) is 24.6 Å². The number of amides is 1. The number of morpholine rings is 1. The summed E-state index contributed by atoms with van der Waals surface area (Å²) in [6.45, 7) is 4.16. The van der Waals surface area contributed by atoms with Gasteiger partial charge < -0.3 is 21.1 Å². The monoisotopic (exact) mass is 434 g/mol. The highest BCUT2D eigenvalue weighted by Crippen LogP contribution is 2.35. The van der Waals surface area contributed by atoms with Gasteiger partial charge in [-0.15, -0.1) is 0 Å². The lowest BCUT2D eigenvalue weighted by atomic mass is 10.1. The largest absolute Gasteiger partial charge is 0.433 e. The van der Waals surface area contributed by atoms with Crippen LogP contribution in [0.25, 0.3) is 5.57 Å². The second-order valence-electron chi connectivity index (χ2n) is 7.21. The number of alkyl halides is 3. The number of fused-ring (bicyclic) bond motifs is 1. The SMILES string of the molecule is NC(=O)/C(=C1\Nc2ccc(CCN3CCOCC3)cc2N1)c1nccc(C(F)(F)F)n1. The lowest BCUT2D eigenvalue weighted by molar-refractivity contribution is -0.141. The summed E-state index contributed by atoms with van der Waals surface area (Å²) >= 11 is 0. The number of carbonyl (C=O) groups is 1. The number of rotatable bonds is 5. The van der Waals surface area contributed by atoms with E-state index in [1.807, 2.05) is 18.2 Å². The Morgan fingerprint density at radius 3 is 2.61 bits per heavy atom. The van der Waals surface area contributed by atoms with Gasteiger partial charge in [0, 0.05) is 25.8 Å². The van der Waals surface area contributed by atoms with Crippen LogP contribution in [0.3, 0.4) is 0 Å². The van der Waals surface area contributed by atoms with E-state index in [4.69, 9.17) is 10.5 Å². The lowest BCUT2D eigenvalue weighted by Crippen LogP contribution is -2.37. The van der Waals surface area contributed by atoms with Crippen LogP contribution in [0.2, 0.25) is 0 Å². The first-order valence-electron chi connectivity index (χ1n) is 9.73. The van der Waals surface area contributed by atoms with E-state index < -0.39 is 23.6 Å². The number of hydrogen-bond acceptors (Lipinski definition) is 7. The highest BCUT2D eigenvalue weighted by atomic mass is 19.4. The minimum atomic E-state index is -4.67. The van der Waals surface area contributed by atoms with E-state index in [0.29, 0.717) is 11.4 Å². The van der Waals surface area contributed by atoms with Crippen LogP contribution in [0.5, 0.6) is 0 Å². The van der Waals surface area contributed by atoms with Gasteiger partial charge in [-0.3, -0.25) is 9.69 Å². The van der Waals surface area contributed by atoms with Gasteiger partial charge >= 0.3 is 6.18 Å². The van der Waals surface area contributed by atoms with E-state index in [-0.39, 0.29) is 11.4 Å². The molecular weight excluding hydrogens is 413 g/mol. The van der Waals surface area contributed by atoms with E-state index in [9.17, 15) is 18.0 Å². The summed E-state index contributed by atoms with van der Waals surface area (Å²) in [4.78, 5) is 21.7. The van der Waals surface area contributed by atoms with Gasteiger partial charge in [-0.25, -0.2) is 9.97 Å². The van der Waals surface area contributed by atoms with Crippen LogP contribution in [0, 0.1) is 0 Å². The van der Waals surface area contributed by atoms with Gasteiger partial charge in [0.25, 0.3) is 5.91 Å². The van der Waals surface area contributed by atoms with Crippen molar-refractivity contribution in [3.63, 3.8) is 0 Å². The third-order valence-electron chi connectivity index (χ3n) is 5.09. The second-order valence-corrected chi connectivity index (χ2v) is 7.21. The molecule has 0 spiro atoms. The first-order chi connectivity index (χ1) is 14.8. The Kier molecular flexibility index (Phi) is 5.79. The van der Waals surface area contributed by atoms with E-state index in [0.717, 1.165) is 57.1 Å². The first kappa shape index (κ1) is 21.1. The minimum absolute atomic E-state index is 0.146. The normalized spacial score (nSPS) is 18.2. The van der Waals surface area contributed by atoms with Gasteiger partial charge in [-0.2, -0.15) is 13.2 Å². The molecule has 1 aromatic carbocycles. The highest BCUT2D eigenvalue weighted by Gasteiger charge is 2.34. The van der Waals surface area contributed by atoms with Crippen molar-refractivity contribution in [3.05, 3.63) is 53.4 Å². The van der Waals surface area contributed by atoms with Crippen LogP contribution in [-0.4, -0.2) is 53.6 Å². The molecule has 4 rings (SSSR count). The fraction of sp³-hybridized carbons (Fsp3) is 0.350. The van der Waals surface area contributed by atoms with Crippen molar-refractivity contribution >= 4 is 22.9 Å². The Morgan fingerprint density at radius 2 is 1.90 bits per heavy atom. The van der Waals surface area contributed by atoms with E-state index in [2.05, 4.69) is 25.5 Å². The summed E-state index contributed by atoms with van der Waals surface area (Å²) in [6, 6.07) is 6.47. The molecule has 2 aliphatic heterocycles. The molecule has 2 aliphatic rings. The maximum atomic E-state index is 13.0. The molecule has 8 nitrogen and oxygen atoms in total. The summed E-state index contributed by atoms with van der Waals surface area (Å²) in [6.07, 6.45) is -2.89. The average molecular weight is 434 g/mol. The third-order valence-corrected chi connectivity index (χ3v) is 5.09. The molecule has 0 atom stereocenters. The van der Waals surface area contributed by atoms with Gasteiger partial charge in [-0.05, 0) is 30.2 Å². The molecule has 2 aromatic rings. The molecule has 3 heterocycles. The number of carbonyl (C=O) groups excluding carboxylic acids is 1. The summed E-state index contributed by atoms with van der Waals surface area (Å²) in [7, 11) is 0. The van der Waals surface area contributed by atoms with Crippen molar-refractivity contribution < 1.29 is 22.7 Å². The van der Waals surface area contributed by atoms with E-state index >= 15 is 0 Å². The molecule has 164 valence electrons. The van der Waals surface area contributed by atoms with E-state index in [1.54, 1.807) is 0 Å². The number of aromatic nitrogens is 2. The lowest BCUT2D eigenvalue weighted by Gasteiger charge is -2.26. The molecule has 1 fully saturated rings. The summed E-state index contributed by atoms with van der Waals surface area (Å²) in [5, 5.41) is 6.01. The Bertz CT molecular complexity index is 1020. The number of nitrogens with zero attached hydrogens (tertiary/aromatic N) is 3. The zero-order valence-corrected chi connectivity index (χ0v) is 16.5. The Balaban J connectivity index is 1.56. The van der Waals surface area contributed by atoms with Crippen molar-refractivity contribution in [1.82, 2.24) is 14.9 Å². The molecule has 1 saturated heterocycles. The van der Waals surface area contributed by atoms with Crippen LogP contribution in [0.15, 0.2) is 36.3 Å². The van der Waals surface area contributed by atoms with Gasteiger partial charge in [0.1, 0.15) is 17.1 Å². The van der Waals surface area contributed by atoms with Crippen LogP contribution in [0.1, 0.15) is 17.1 Å². The zero-order chi connectivity index (χ0) is 22.0. The molecule has 31 heavy (non-hydrogen) atoms. The molecule has 4 N–H and O–H groups in total. The predicted octanol–water partition coefficient (Wildman–Crippen LogP) is 2.06. The van der Waals surface area contributed by atoms with Crippen molar-refractivity contribution in [2.45, 2.75) is 12.6 Å². The average Bonchev–Trinajstić information content (AvgIpc) is 3.15. The molecule has 11 heteroatoms. The zero-order valence-electron chi connectivity index (χ0n) is 16.5. The molecule has 0 unspecified atom stereocenters. The van der Waals surface area contributed by atoms with E-state index in [1.165, 1.54) is 0 Å². The van der Waals surface area contributed by atoms with Gasteiger partial charge in [-0.1, -0.05) is 6.07 Å². The number of nitrogens with one attached hydrogen (secondary N) is 2. The maximum absolute atomic E-state index is 13.0. The number of hydrogen-bond donors (Lipinski definition) is 3. The molecule has 0 aliphatic carbocycles. The molecule has 0 bridgehead atoms. The molecular formula is C20H21F3N6O2. The van der Waals surface area contributed by atoms with Crippen LogP contribution >= 0.6 is 0 Å². The molecule has 0 radical (unpaired) electrons. The molecule has 1 aromatic heterocycles. The third kappa shape index (κ3) is 4.78. The van der Waals surface area contributed by atoms with Gasteiger partial charge in [0.2, 0.25) is 0 Å². The van der Waals surface area contributed by atoms with Crippen LogP contribution in [-0.2, 0) is 22.1 Å². The minimum Gasteiger partial charge on any atom is -0.379 e. The van der Waals surface area contributed by atoms with Gasteiger partial charge in [0.15, 0.2) is 5.82 Å². The molecule has 0 saturated carbocycles. The van der Waals surface area contributed by atoms with Crippen molar-refractivity contribution in [3.8, 4) is 0 Å². The van der Waals surface area contributed by atoms with Crippen molar-refractivity contribution in [1.29, 1.82) is 0 Å². The van der Waals surface area contributed by atoms with Crippen molar-refractivity contribution in [2.24, 2.45) is 5.73 Å². The second kappa shape index (κ2) is 8.52. The quantitative estimate of drug-likeness (QED) is 0.619. The fourth-order valence-electron chi connectivity index (χ4n) is 3.48. The standard InChI is InChI=1S/C20H21F3N6O2/c21-20(22,23)15-3-5-25-18(28-15)16(17(24)30)19-26-13-2-1-12(11-14(13)27-19)4-6-29-7-9-31-10-8-29/h1-3,5,11,26-27H,4,6-10H2,(H2,24,30)/b19-16-. The number of halogens is 3. The fourth-order valence-corrected chi connectivity index (χ4v) is 3.48. The number of ether oxygens (including phenoxy) is 1.